The Morgan fingerprint density at radius 1 is 1.31 bits per heavy atom. The largest absolute Gasteiger partial charge is 0.472 e. The van der Waals surface area contributed by atoms with Gasteiger partial charge in [0.15, 0.2) is 11.9 Å². The van der Waals surface area contributed by atoms with Crippen LogP contribution in [0.5, 0.6) is 0 Å². The maximum Gasteiger partial charge on any atom is 0.310 e. The van der Waals surface area contributed by atoms with Gasteiger partial charge in [-0.2, -0.15) is 0 Å². The van der Waals surface area contributed by atoms with Crippen molar-refractivity contribution >= 4 is 17.7 Å². The van der Waals surface area contributed by atoms with Crippen LogP contribution in [0.2, 0.25) is 0 Å². The highest BCUT2D eigenvalue weighted by Crippen LogP contribution is 2.65. The molecule has 3 aliphatic rings. The Labute approximate surface area is 188 Å². The second-order valence-corrected chi connectivity index (χ2v) is 9.98. The zero-order valence-electron chi connectivity index (χ0n) is 19.0. The lowest BCUT2D eigenvalue weighted by molar-refractivity contribution is -0.210. The first-order valence-electron chi connectivity index (χ1n) is 11.3. The fourth-order valence-electron chi connectivity index (χ4n) is 6.62. The predicted molar refractivity (Wildman–Crippen MR) is 114 cm³/mol. The van der Waals surface area contributed by atoms with Crippen LogP contribution >= 0.6 is 0 Å². The number of esters is 2. The number of rotatable bonds is 6. The predicted octanol–water partition coefficient (Wildman–Crippen LogP) is 4.03. The zero-order valence-corrected chi connectivity index (χ0v) is 19.0. The molecule has 1 aromatic rings. The van der Waals surface area contributed by atoms with E-state index in [-0.39, 0.29) is 29.0 Å². The summed E-state index contributed by atoms with van der Waals surface area (Å²) in [7, 11) is 0. The van der Waals surface area contributed by atoms with E-state index in [1.54, 1.807) is 24.7 Å². The lowest BCUT2D eigenvalue weighted by atomic mass is 9.43. The molecule has 0 unspecified atom stereocenters. The normalized spacial score (nSPS) is 38.9. The number of fused-ring (bicyclic) bond motifs is 3. The molecule has 0 aromatic carbocycles. The van der Waals surface area contributed by atoms with Crippen LogP contribution in [0.25, 0.3) is 0 Å². The Kier molecular flexibility index (Phi) is 6.05. The molecule has 2 heterocycles. The summed E-state index contributed by atoms with van der Waals surface area (Å²) in [4.78, 5) is 38.7. The maximum absolute atomic E-state index is 13.8. The fraction of sp³-hybridized carbons (Fsp3) is 0.640. The van der Waals surface area contributed by atoms with Gasteiger partial charge in [-0.1, -0.05) is 19.9 Å². The summed E-state index contributed by atoms with van der Waals surface area (Å²) >= 11 is 0. The van der Waals surface area contributed by atoms with Crippen LogP contribution < -0.4 is 0 Å². The summed E-state index contributed by atoms with van der Waals surface area (Å²) in [5.41, 5.74) is -0.216. The Bertz CT molecular complexity index is 890. The number of ketones is 1. The molecule has 0 amide bonds. The van der Waals surface area contributed by atoms with Gasteiger partial charge in [-0.15, -0.1) is 6.58 Å². The van der Waals surface area contributed by atoms with Crippen molar-refractivity contribution in [1.82, 2.24) is 0 Å². The molecule has 7 atom stereocenters. The molecule has 4 rings (SSSR count). The van der Waals surface area contributed by atoms with E-state index in [9.17, 15) is 14.4 Å². The molecule has 0 radical (unpaired) electrons. The second-order valence-electron chi connectivity index (χ2n) is 9.98. The van der Waals surface area contributed by atoms with Crippen LogP contribution in [0.1, 0.15) is 58.1 Å². The summed E-state index contributed by atoms with van der Waals surface area (Å²) in [6.07, 6.45) is 5.85. The minimum atomic E-state index is -0.830. The van der Waals surface area contributed by atoms with Crippen molar-refractivity contribution in [2.45, 2.75) is 58.7 Å². The van der Waals surface area contributed by atoms with Gasteiger partial charge in [0.1, 0.15) is 6.10 Å². The third-order valence-electron chi connectivity index (χ3n) is 8.07. The van der Waals surface area contributed by atoms with Gasteiger partial charge in [-0.05, 0) is 48.5 Å². The number of carbonyl (C=O) groups excluding carboxylic acids is 3. The van der Waals surface area contributed by atoms with Gasteiger partial charge in [-0.25, -0.2) is 0 Å². The molecular formula is C25H32O7. The zero-order chi connectivity index (χ0) is 23.1. The number of furan rings is 1. The van der Waals surface area contributed by atoms with Gasteiger partial charge in [0, 0.05) is 18.4 Å². The van der Waals surface area contributed by atoms with Gasteiger partial charge in [0.05, 0.1) is 31.7 Å². The van der Waals surface area contributed by atoms with Crippen molar-refractivity contribution in [2.75, 3.05) is 13.2 Å². The highest BCUT2D eigenvalue weighted by Gasteiger charge is 2.66. The van der Waals surface area contributed by atoms with Crippen LogP contribution in [0.4, 0.5) is 0 Å². The minimum absolute atomic E-state index is 0.0117. The number of cyclic esters (lactones) is 1. The second kappa shape index (κ2) is 8.50. The molecular weight excluding hydrogens is 412 g/mol. The smallest absolute Gasteiger partial charge is 0.310 e. The highest BCUT2D eigenvalue weighted by atomic mass is 16.6. The van der Waals surface area contributed by atoms with E-state index in [1.165, 1.54) is 6.92 Å². The highest BCUT2D eigenvalue weighted by molar-refractivity contribution is 5.91. The molecule has 0 bridgehead atoms. The van der Waals surface area contributed by atoms with Crippen LogP contribution in [-0.2, 0) is 28.6 Å². The van der Waals surface area contributed by atoms with Crippen molar-refractivity contribution in [1.29, 1.82) is 0 Å². The number of carbonyl (C=O) groups is 3. The van der Waals surface area contributed by atoms with E-state index in [4.69, 9.17) is 18.6 Å². The molecule has 2 aliphatic carbocycles. The first kappa shape index (κ1) is 22.8. The van der Waals surface area contributed by atoms with E-state index in [0.717, 1.165) is 5.56 Å². The van der Waals surface area contributed by atoms with E-state index >= 15 is 0 Å². The van der Waals surface area contributed by atoms with Gasteiger partial charge in [0.25, 0.3) is 0 Å². The third kappa shape index (κ3) is 3.70. The molecule has 0 spiro atoms. The number of Topliss-reactive ketones (excluding diaryl/α,β-unsaturated/α-hetero) is 1. The first-order chi connectivity index (χ1) is 15.2. The van der Waals surface area contributed by atoms with Gasteiger partial charge in [0.2, 0.25) is 0 Å². The molecule has 174 valence electrons. The Morgan fingerprint density at radius 3 is 2.75 bits per heavy atom. The van der Waals surface area contributed by atoms with Gasteiger partial charge in [-0.3, -0.25) is 14.4 Å². The molecule has 7 nitrogen and oxygen atoms in total. The molecule has 2 saturated carbocycles. The van der Waals surface area contributed by atoms with Crippen molar-refractivity contribution in [3.8, 4) is 0 Å². The van der Waals surface area contributed by atoms with Crippen molar-refractivity contribution in [3.63, 3.8) is 0 Å². The molecule has 3 fully saturated rings. The number of ether oxygens (including phenoxy) is 3. The molecule has 1 aromatic heterocycles. The first-order valence-corrected chi connectivity index (χ1v) is 11.3. The molecule has 1 saturated heterocycles. The van der Waals surface area contributed by atoms with Crippen LogP contribution in [-0.4, -0.2) is 37.0 Å². The third-order valence-corrected chi connectivity index (χ3v) is 8.07. The Balaban J connectivity index is 1.73. The summed E-state index contributed by atoms with van der Waals surface area (Å²) in [6, 6.07) is 1.79. The SMILES string of the molecule is C=CCOC[C@@H]1C[C@H](OC(C)=O)C(=O)[C@H]2[C@@]1(C)CC[C@H]1C(=O)O[C@H](c3ccoc3)C[C@]21C. The van der Waals surface area contributed by atoms with Crippen molar-refractivity contribution in [2.24, 2.45) is 28.6 Å². The monoisotopic (exact) mass is 444 g/mol. The standard InChI is InChI=1S/C25H32O7/c1-5-9-29-14-17-11-19(31-15(2)26)21(27)22-24(17,3)8-6-18-23(28)32-20(12-25(18,22)4)16-7-10-30-13-16/h5,7,10,13,17-20,22H,1,6,8-9,11-12,14H2,2-4H3/t17-,18-,19-,20-,22-,24-,25-/m0/s1. The average molecular weight is 445 g/mol. The van der Waals surface area contributed by atoms with E-state index in [1.807, 2.05) is 6.92 Å². The summed E-state index contributed by atoms with van der Waals surface area (Å²) < 4.78 is 22.3. The quantitative estimate of drug-likeness (QED) is 0.372. The van der Waals surface area contributed by atoms with Crippen LogP contribution in [0, 0.1) is 28.6 Å². The van der Waals surface area contributed by atoms with E-state index < -0.39 is 29.5 Å². The summed E-state index contributed by atoms with van der Waals surface area (Å²) in [6.45, 7) is 10.1. The summed E-state index contributed by atoms with van der Waals surface area (Å²) in [5.74, 6) is -1.65. The fourth-order valence-corrected chi connectivity index (χ4v) is 6.62. The van der Waals surface area contributed by atoms with Crippen molar-refractivity contribution < 1.29 is 33.0 Å². The lowest BCUT2D eigenvalue weighted by Gasteiger charge is -2.61. The van der Waals surface area contributed by atoms with Crippen LogP contribution in [0.3, 0.4) is 0 Å². The molecule has 1 aliphatic heterocycles. The molecule has 7 heteroatoms. The molecule has 32 heavy (non-hydrogen) atoms. The Morgan fingerprint density at radius 2 is 2.09 bits per heavy atom. The maximum atomic E-state index is 13.8. The topological polar surface area (TPSA) is 92.0 Å². The van der Waals surface area contributed by atoms with E-state index in [0.29, 0.717) is 38.9 Å². The Hall–Kier alpha value is -2.41. The minimum Gasteiger partial charge on any atom is -0.472 e. The summed E-state index contributed by atoms with van der Waals surface area (Å²) in [5, 5.41) is 0. The number of hydrogen-bond acceptors (Lipinski definition) is 7. The molecule has 0 N–H and O–H groups in total. The van der Waals surface area contributed by atoms with Gasteiger partial charge >= 0.3 is 11.9 Å². The number of hydrogen-bond donors (Lipinski definition) is 0. The van der Waals surface area contributed by atoms with Crippen molar-refractivity contribution in [3.05, 3.63) is 36.8 Å². The van der Waals surface area contributed by atoms with Crippen LogP contribution in [0.15, 0.2) is 35.7 Å². The van der Waals surface area contributed by atoms with E-state index in [2.05, 4.69) is 13.5 Å². The lowest BCUT2D eigenvalue weighted by Crippen LogP contribution is -2.64. The van der Waals surface area contributed by atoms with Gasteiger partial charge < -0.3 is 18.6 Å². The average Bonchev–Trinajstić information content (AvgIpc) is 3.25.